The maximum Gasteiger partial charge on any atom is 0.148 e. The summed E-state index contributed by atoms with van der Waals surface area (Å²) in [6.45, 7) is 0.537. The van der Waals surface area contributed by atoms with E-state index in [-0.39, 0.29) is 13.2 Å². The molecule has 0 saturated carbocycles. The Morgan fingerprint density at radius 3 is 1.50 bits per heavy atom. The minimum absolute atomic E-state index is 0.268. The molecule has 1 aromatic rings. The van der Waals surface area contributed by atoms with E-state index in [0.717, 1.165) is 11.5 Å². The van der Waals surface area contributed by atoms with E-state index in [1.165, 1.54) is 0 Å². The first-order chi connectivity index (χ1) is 6.86. The molecule has 0 amide bonds. The van der Waals surface area contributed by atoms with Crippen LogP contribution >= 0.6 is 0 Å². The van der Waals surface area contributed by atoms with Crippen molar-refractivity contribution in [2.75, 3.05) is 13.2 Å². The lowest BCUT2D eigenvalue weighted by Gasteiger charge is -2.04. The molecule has 2 heteroatoms. The van der Waals surface area contributed by atoms with Crippen LogP contribution in [-0.2, 0) is 0 Å². The number of hydrogen-bond donors (Lipinski definition) is 0. The van der Waals surface area contributed by atoms with E-state index >= 15 is 0 Å². The molecule has 0 bridgehead atoms. The van der Waals surface area contributed by atoms with E-state index in [9.17, 15) is 0 Å². The molecule has 0 N–H and O–H groups in total. The molecule has 0 aromatic heterocycles. The van der Waals surface area contributed by atoms with Crippen molar-refractivity contribution >= 4 is 0 Å². The van der Waals surface area contributed by atoms with E-state index in [0.29, 0.717) is 0 Å². The quantitative estimate of drug-likeness (QED) is 0.666. The molecule has 0 heterocycles. The Kier molecular flexibility index (Phi) is 3.98. The molecule has 0 aliphatic heterocycles. The van der Waals surface area contributed by atoms with Crippen LogP contribution < -0.4 is 9.47 Å². The van der Waals surface area contributed by atoms with Gasteiger partial charge in [0.25, 0.3) is 0 Å². The summed E-state index contributed by atoms with van der Waals surface area (Å²) in [5.41, 5.74) is 0. The van der Waals surface area contributed by atoms with Gasteiger partial charge in [-0.05, 0) is 24.3 Å². The number of benzene rings is 1. The zero-order valence-electron chi connectivity index (χ0n) is 7.69. The summed E-state index contributed by atoms with van der Waals surface area (Å²) in [4.78, 5) is 0. The van der Waals surface area contributed by atoms with Crippen molar-refractivity contribution < 1.29 is 9.47 Å². The van der Waals surface area contributed by atoms with Gasteiger partial charge in [0.05, 0.1) is 0 Å². The molecule has 0 fully saturated rings. The van der Waals surface area contributed by atoms with Crippen LogP contribution in [0.25, 0.3) is 0 Å². The highest BCUT2D eigenvalue weighted by atomic mass is 16.5. The van der Waals surface area contributed by atoms with Gasteiger partial charge < -0.3 is 9.47 Å². The largest absolute Gasteiger partial charge is 0.481 e. The van der Waals surface area contributed by atoms with E-state index < -0.39 is 0 Å². The molecule has 0 aliphatic carbocycles. The Labute approximate surface area is 83.8 Å². The second kappa shape index (κ2) is 5.56. The first-order valence-corrected chi connectivity index (χ1v) is 4.09. The Balaban J connectivity index is 2.52. The number of ether oxygens (including phenoxy) is 2. The molecule has 0 saturated heterocycles. The van der Waals surface area contributed by atoms with Crippen LogP contribution in [0.2, 0.25) is 0 Å². The van der Waals surface area contributed by atoms with Crippen LogP contribution in [0, 0.1) is 24.7 Å². The summed E-state index contributed by atoms with van der Waals surface area (Å²) in [7, 11) is 0. The summed E-state index contributed by atoms with van der Waals surface area (Å²) < 4.78 is 10.4. The molecule has 70 valence electrons. The smallest absolute Gasteiger partial charge is 0.148 e. The highest BCUT2D eigenvalue weighted by Crippen LogP contribution is 2.17. The van der Waals surface area contributed by atoms with Gasteiger partial charge >= 0.3 is 0 Å². The summed E-state index contributed by atoms with van der Waals surface area (Å²) in [5, 5.41) is 0. The normalized spacial score (nSPS) is 8.43. The first kappa shape index (κ1) is 10.0. The minimum atomic E-state index is 0.268. The van der Waals surface area contributed by atoms with Gasteiger partial charge in [0.2, 0.25) is 0 Å². The molecule has 14 heavy (non-hydrogen) atoms. The Bertz CT molecular complexity index is 314. The van der Waals surface area contributed by atoms with Crippen molar-refractivity contribution in [1.29, 1.82) is 0 Å². The fraction of sp³-hybridized carbons (Fsp3) is 0.167. The molecule has 2 nitrogen and oxygen atoms in total. The average molecular weight is 186 g/mol. The molecule has 1 aromatic carbocycles. The van der Waals surface area contributed by atoms with Gasteiger partial charge in [-0.2, -0.15) is 0 Å². The first-order valence-electron chi connectivity index (χ1n) is 4.09. The summed E-state index contributed by atoms with van der Waals surface area (Å²) in [6.07, 6.45) is 10.1. The highest BCUT2D eigenvalue weighted by molar-refractivity contribution is 5.31. The maximum atomic E-state index is 5.18. The number of hydrogen-bond acceptors (Lipinski definition) is 2. The highest BCUT2D eigenvalue weighted by Gasteiger charge is 1.94. The molecule has 0 unspecified atom stereocenters. The molecule has 0 atom stereocenters. The molecule has 0 aliphatic rings. The van der Waals surface area contributed by atoms with E-state index in [1.54, 1.807) is 24.3 Å². The molecule has 1 rings (SSSR count). The van der Waals surface area contributed by atoms with Gasteiger partial charge in [0, 0.05) is 0 Å². The van der Waals surface area contributed by atoms with Gasteiger partial charge in [0.15, 0.2) is 0 Å². The van der Waals surface area contributed by atoms with Crippen molar-refractivity contribution in [2.24, 2.45) is 0 Å². The summed E-state index contributed by atoms with van der Waals surface area (Å²) in [5.74, 6) is 6.21. The Morgan fingerprint density at radius 2 is 1.21 bits per heavy atom. The van der Waals surface area contributed by atoms with Gasteiger partial charge in [0.1, 0.15) is 24.7 Å². The van der Waals surface area contributed by atoms with Crippen LogP contribution in [0.3, 0.4) is 0 Å². The standard InChI is InChI=1S/C12H10O2/c1-3-9-13-11-5-7-12(8-6-11)14-10-4-2/h1-2,5-8H,9-10H2. The third-order valence-electron chi connectivity index (χ3n) is 1.47. The fourth-order valence-electron chi connectivity index (χ4n) is 0.882. The van der Waals surface area contributed by atoms with Gasteiger partial charge in [-0.3, -0.25) is 0 Å². The van der Waals surface area contributed by atoms with Crippen LogP contribution in [0.4, 0.5) is 0 Å². The third-order valence-corrected chi connectivity index (χ3v) is 1.47. The van der Waals surface area contributed by atoms with Gasteiger partial charge in [-0.25, -0.2) is 0 Å². The van der Waals surface area contributed by atoms with Crippen LogP contribution in [0.1, 0.15) is 0 Å². The van der Waals surface area contributed by atoms with Crippen molar-refractivity contribution in [3.05, 3.63) is 24.3 Å². The zero-order valence-corrected chi connectivity index (χ0v) is 7.69. The molecular formula is C12H10O2. The SMILES string of the molecule is C#CCOc1ccc(OCC#C)cc1. The van der Waals surface area contributed by atoms with Crippen molar-refractivity contribution in [3.63, 3.8) is 0 Å². The van der Waals surface area contributed by atoms with Crippen LogP contribution in [-0.4, -0.2) is 13.2 Å². The van der Waals surface area contributed by atoms with Gasteiger partial charge in [-0.1, -0.05) is 11.8 Å². The van der Waals surface area contributed by atoms with Crippen molar-refractivity contribution in [1.82, 2.24) is 0 Å². The summed E-state index contributed by atoms with van der Waals surface area (Å²) >= 11 is 0. The predicted octanol–water partition coefficient (Wildman–Crippen LogP) is 1.71. The van der Waals surface area contributed by atoms with Crippen molar-refractivity contribution in [3.8, 4) is 36.2 Å². The second-order valence-electron chi connectivity index (χ2n) is 2.46. The second-order valence-corrected chi connectivity index (χ2v) is 2.46. The molecule has 0 spiro atoms. The number of rotatable bonds is 4. The van der Waals surface area contributed by atoms with E-state index in [1.807, 2.05) is 0 Å². The summed E-state index contributed by atoms with van der Waals surface area (Å²) in [6, 6.07) is 7.12. The van der Waals surface area contributed by atoms with E-state index in [2.05, 4.69) is 11.8 Å². The average Bonchev–Trinajstić information content (AvgIpc) is 2.25. The van der Waals surface area contributed by atoms with E-state index in [4.69, 9.17) is 22.3 Å². The Hall–Kier alpha value is -2.06. The lowest BCUT2D eigenvalue weighted by atomic mass is 10.3. The Morgan fingerprint density at radius 1 is 0.857 bits per heavy atom. The monoisotopic (exact) mass is 186 g/mol. The molecular weight excluding hydrogens is 176 g/mol. The van der Waals surface area contributed by atoms with Gasteiger partial charge in [-0.15, -0.1) is 12.8 Å². The maximum absolute atomic E-state index is 5.18. The third kappa shape index (κ3) is 3.13. The molecule has 0 radical (unpaired) electrons. The fourth-order valence-corrected chi connectivity index (χ4v) is 0.882. The lowest BCUT2D eigenvalue weighted by Crippen LogP contribution is -1.95. The predicted molar refractivity (Wildman–Crippen MR) is 55.1 cm³/mol. The topological polar surface area (TPSA) is 18.5 Å². The van der Waals surface area contributed by atoms with Crippen LogP contribution in [0.15, 0.2) is 24.3 Å². The lowest BCUT2D eigenvalue weighted by molar-refractivity contribution is 0.360. The zero-order chi connectivity index (χ0) is 10.2. The van der Waals surface area contributed by atoms with Crippen molar-refractivity contribution in [2.45, 2.75) is 0 Å². The van der Waals surface area contributed by atoms with Crippen LogP contribution in [0.5, 0.6) is 11.5 Å². The number of terminal acetylenes is 2. The minimum Gasteiger partial charge on any atom is -0.481 e.